The monoisotopic (exact) mass is 290 g/mol. The van der Waals surface area contributed by atoms with Crippen LogP contribution in [0.1, 0.15) is 11.7 Å². The highest BCUT2D eigenvalue weighted by molar-refractivity contribution is 9.09. The third kappa shape index (κ3) is 1.98. The lowest BCUT2D eigenvalue weighted by atomic mass is 10.1. The summed E-state index contributed by atoms with van der Waals surface area (Å²) in [7, 11) is 0. The second kappa shape index (κ2) is 4.44. The van der Waals surface area contributed by atoms with Crippen LogP contribution in [0.5, 0.6) is 0 Å². The average Bonchev–Trinajstić information content (AvgIpc) is 2.23. The van der Waals surface area contributed by atoms with Gasteiger partial charge in [0.25, 0.3) is 0 Å². The Hall–Kier alpha value is -0.690. The van der Waals surface area contributed by atoms with Crippen molar-refractivity contribution in [2.24, 2.45) is 0 Å². The minimum absolute atomic E-state index is 0.342. The minimum atomic E-state index is -2.24. The maximum atomic E-state index is 12.9. The molecule has 0 unspecified atom stereocenters. The van der Waals surface area contributed by atoms with Crippen molar-refractivity contribution < 1.29 is 27.1 Å². The standard InChI is InChI=1S/C8H4BrF5O/c9-1-2(15)3-4(10)6(12)8(14)7(13)5(3)11/h2,15H,1H2/t2-/m0/s1. The lowest BCUT2D eigenvalue weighted by Gasteiger charge is -2.11. The van der Waals surface area contributed by atoms with Crippen LogP contribution in [-0.4, -0.2) is 10.4 Å². The van der Waals surface area contributed by atoms with E-state index in [0.717, 1.165) is 0 Å². The molecule has 0 radical (unpaired) electrons. The van der Waals surface area contributed by atoms with Gasteiger partial charge >= 0.3 is 0 Å². The van der Waals surface area contributed by atoms with Gasteiger partial charge < -0.3 is 5.11 Å². The predicted octanol–water partition coefficient (Wildman–Crippen LogP) is 2.81. The maximum absolute atomic E-state index is 12.9. The van der Waals surface area contributed by atoms with E-state index in [1.807, 2.05) is 0 Å². The average molecular weight is 291 g/mol. The number of benzene rings is 1. The molecule has 0 saturated heterocycles. The molecule has 1 nitrogen and oxygen atoms in total. The normalized spacial score (nSPS) is 13.0. The number of halogens is 6. The Morgan fingerprint density at radius 2 is 1.20 bits per heavy atom. The molecule has 1 N–H and O–H groups in total. The van der Waals surface area contributed by atoms with Gasteiger partial charge in [-0.2, -0.15) is 0 Å². The molecule has 1 aromatic carbocycles. The van der Waals surface area contributed by atoms with Gasteiger partial charge in [-0.15, -0.1) is 0 Å². The number of hydrogen-bond donors (Lipinski definition) is 1. The van der Waals surface area contributed by atoms with Crippen LogP contribution < -0.4 is 0 Å². The fourth-order valence-electron chi connectivity index (χ4n) is 0.992. The minimum Gasteiger partial charge on any atom is -0.387 e. The van der Waals surface area contributed by atoms with Crippen LogP contribution in [-0.2, 0) is 0 Å². The van der Waals surface area contributed by atoms with Crippen molar-refractivity contribution >= 4 is 15.9 Å². The Morgan fingerprint density at radius 1 is 0.867 bits per heavy atom. The number of aliphatic hydroxyl groups excluding tert-OH is 1. The summed E-state index contributed by atoms with van der Waals surface area (Å²) in [5.41, 5.74) is -1.23. The lowest BCUT2D eigenvalue weighted by Crippen LogP contribution is -2.12. The van der Waals surface area contributed by atoms with Crippen LogP contribution in [0.3, 0.4) is 0 Å². The molecule has 0 saturated carbocycles. The molecule has 1 atom stereocenters. The molecule has 0 aromatic heterocycles. The molecule has 0 aliphatic heterocycles. The molecule has 7 heteroatoms. The summed E-state index contributed by atoms with van der Waals surface area (Å²) in [4.78, 5) is 0. The van der Waals surface area contributed by atoms with Crippen LogP contribution in [0.2, 0.25) is 0 Å². The molecule has 1 aromatic rings. The summed E-state index contributed by atoms with van der Waals surface area (Å²) in [6, 6.07) is 0. The molecule has 0 fully saturated rings. The zero-order chi connectivity index (χ0) is 11.7. The molecule has 0 aliphatic rings. The SMILES string of the molecule is O[C@@H](CBr)c1c(F)c(F)c(F)c(F)c1F. The molecular formula is C8H4BrF5O. The number of aliphatic hydroxyl groups is 1. The summed E-state index contributed by atoms with van der Waals surface area (Å²) in [5.74, 6) is -10.4. The molecule has 84 valence electrons. The smallest absolute Gasteiger partial charge is 0.200 e. The topological polar surface area (TPSA) is 20.2 Å². The van der Waals surface area contributed by atoms with E-state index in [4.69, 9.17) is 5.11 Å². The van der Waals surface area contributed by atoms with Gasteiger partial charge in [0.1, 0.15) is 0 Å². The first-order chi connectivity index (χ1) is 6.91. The van der Waals surface area contributed by atoms with E-state index in [1.54, 1.807) is 0 Å². The Balaban J connectivity index is 3.52. The van der Waals surface area contributed by atoms with Crippen molar-refractivity contribution in [3.8, 4) is 0 Å². The molecular weight excluding hydrogens is 287 g/mol. The van der Waals surface area contributed by atoms with Crippen molar-refractivity contribution in [3.05, 3.63) is 34.6 Å². The summed E-state index contributed by atoms with van der Waals surface area (Å²) in [6.45, 7) is 0. The second-order valence-corrected chi connectivity index (χ2v) is 3.30. The zero-order valence-corrected chi connectivity index (χ0v) is 8.59. The Kier molecular flexibility index (Phi) is 3.67. The zero-order valence-electron chi connectivity index (χ0n) is 7.00. The highest BCUT2D eigenvalue weighted by Gasteiger charge is 2.28. The molecule has 0 spiro atoms. The van der Waals surface area contributed by atoms with Crippen LogP contribution in [0, 0.1) is 29.1 Å². The largest absolute Gasteiger partial charge is 0.387 e. The predicted molar refractivity (Wildman–Crippen MR) is 45.0 cm³/mol. The third-order valence-electron chi connectivity index (χ3n) is 1.72. The van der Waals surface area contributed by atoms with E-state index < -0.39 is 40.8 Å². The summed E-state index contributed by atoms with van der Waals surface area (Å²) < 4.78 is 63.6. The lowest BCUT2D eigenvalue weighted by molar-refractivity contribution is 0.189. The van der Waals surface area contributed by atoms with Crippen molar-refractivity contribution in [3.63, 3.8) is 0 Å². The highest BCUT2D eigenvalue weighted by Crippen LogP contribution is 2.28. The number of hydrogen-bond acceptors (Lipinski definition) is 1. The van der Waals surface area contributed by atoms with Gasteiger partial charge in [-0.05, 0) is 0 Å². The van der Waals surface area contributed by atoms with Gasteiger partial charge in [-0.1, -0.05) is 15.9 Å². The Labute approximate surface area is 89.7 Å². The van der Waals surface area contributed by atoms with E-state index >= 15 is 0 Å². The van der Waals surface area contributed by atoms with E-state index in [9.17, 15) is 22.0 Å². The van der Waals surface area contributed by atoms with Gasteiger partial charge in [-0.25, -0.2) is 22.0 Å². The van der Waals surface area contributed by atoms with Gasteiger partial charge in [0.2, 0.25) is 5.82 Å². The molecule has 0 bridgehead atoms. The quantitative estimate of drug-likeness (QED) is 0.384. The van der Waals surface area contributed by atoms with E-state index in [0.29, 0.717) is 0 Å². The number of alkyl halides is 1. The third-order valence-corrected chi connectivity index (χ3v) is 2.34. The Bertz CT molecular complexity index is 366. The summed E-state index contributed by atoms with van der Waals surface area (Å²) in [5, 5.41) is 8.71. The van der Waals surface area contributed by atoms with Crippen molar-refractivity contribution in [2.45, 2.75) is 6.10 Å². The maximum Gasteiger partial charge on any atom is 0.200 e. The number of rotatable bonds is 2. The van der Waals surface area contributed by atoms with Crippen molar-refractivity contribution in [2.75, 3.05) is 5.33 Å². The molecule has 15 heavy (non-hydrogen) atoms. The molecule has 0 heterocycles. The molecule has 1 rings (SSSR count). The fourth-order valence-corrected chi connectivity index (χ4v) is 1.32. The first-order valence-corrected chi connectivity index (χ1v) is 4.79. The van der Waals surface area contributed by atoms with Crippen LogP contribution in [0.15, 0.2) is 0 Å². The first-order valence-electron chi connectivity index (χ1n) is 3.67. The summed E-state index contributed by atoms with van der Waals surface area (Å²) >= 11 is 2.67. The van der Waals surface area contributed by atoms with Gasteiger partial charge in [0, 0.05) is 5.33 Å². The highest BCUT2D eigenvalue weighted by atomic mass is 79.9. The van der Waals surface area contributed by atoms with Crippen molar-refractivity contribution in [1.29, 1.82) is 0 Å². The molecule has 0 aliphatic carbocycles. The van der Waals surface area contributed by atoms with Gasteiger partial charge in [0.05, 0.1) is 11.7 Å². The van der Waals surface area contributed by atoms with E-state index in [1.165, 1.54) is 0 Å². The fraction of sp³-hybridized carbons (Fsp3) is 0.250. The van der Waals surface area contributed by atoms with E-state index in [-0.39, 0.29) is 5.33 Å². The van der Waals surface area contributed by atoms with Crippen LogP contribution in [0.4, 0.5) is 22.0 Å². The van der Waals surface area contributed by atoms with Gasteiger partial charge in [-0.3, -0.25) is 0 Å². The molecule has 0 amide bonds. The van der Waals surface area contributed by atoms with Crippen molar-refractivity contribution in [1.82, 2.24) is 0 Å². The van der Waals surface area contributed by atoms with Gasteiger partial charge in [0.15, 0.2) is 23.3 Å². The summed E-state index contributed by atoms with van der Waals surface area (Å²) in [6.07, 6.45) is -1.80. The van der Waals surface area contributed by atoms with Crippen LogP contribution >= 0.6 is 15.9 Å². The van der Waals surface area contributed by atoms with E-state index in [2.05, 4.69) is 15.9 Å². The first kappa shape index (κ1) is 12.4. The van der Waals surface area contributed by atoms with Crippen LogP contribution in [0.25, 0.3) is 0 Å². The second-order valence-electron chi connectivity index (χ2n) is 2.65. The Morgan fingerprint density at radius 3 is 1.53 bits per heavy atom.